The average Bonchev–Trinajstić information content (AvgIpc) is 2.93. The summed E-state index contributed by atoms with van der Waals surface area (Å²) < 4.78 is 3.07. The Bertz CT molecular complexity index is 1010. The molecule has 1 N–H and O–H groups in total. The normalized spacial score (nSPS) is 10.9. The van der Waals surface area contributed by atoms with Crippen LogP contribution in [0, 0.1) is 6.92 Å². The van der Waals surface area contributed by atoms with Crippen LogP contribution in [0.1, 0.15) is 5.69 Å². The topological polar surface area (TPSA) is 55.1 Å². The number of imidazole rings is 1. The third kappa shape index (κ3) is 2.76. The second-order valence-corrected chi connectivity index (χ2v) is 6.29. The summed E-state index contributed by atoms with van der Waals surface area (Å²) >= 11 is 3.43. The van der Waals surface area contributed by atoms with E-state index in [0.29, 0.717) is 5.95 Å². The van der Waals surface area contributed by atoms with Crippen LogP contribution in [0.15, 0.2) is 65.4 Å². The second kappa shape index (κ2) is 6.05. The van der Waals surface area contributed by atoms with Gasteiger partial charge >= 0.3 is 0 Å². The zero-order valence-corrected chi connectivity index (χ0v) is 14.5. The summed E-state index contributed by atoms with van der Waals surface area (Å²) in [6.07, 6.45) is 3.75. The maximum Gasteiger partial charge on any atom is 0.227 e. The van der Waals surface area contributed by atoms with E-state index in [9.17, 15) is 0 Å². The monoisotopic (exact) mass is 379 g/mol. The van der Waals surface area contributed by atoms with Gasteiger partial charge in [0.05, 0.1) is 17.1 Å². The van der Waals surface area contributed by atoms with Gasteiger partial charge in [0.2, 0.25) is 5.95 Å². The molecule has 0 radical (unpaired) electrons. The van der Waals surface area contributed by atoms with Crippen molar-refractivity contribution in [3.8, 4) is 11.4 Å². The number of hydrogen-bond acceptors (Lipinski definition) is 4. The summed E-state index contributed by atoms with van der Waals surface area (Å²) in [6, 6.07) is 15.7. The Morgan fingerprint density at radius 1 is 1.00 bits per heavy atom. The number of anilines is 2. The molecule has 3 heterocycles. The minimum atomic E-state index is 0.556. The molecule has 0 aliphatic carbocycles. The fraction of sp³-hybridized carbons (Fsp3) is 0.0556. The minimum absolute atomic E-state index is 0.556. The van der Waals surface area contributed by atoms with E-state index in [0.717, 1.165) is 32.9 Å². The summed E-state index contributed by atoms with van der Waals surface area (Å²) in [7, 11) is 0. The van der Waals surface area contributed by atoms with E-state index < -0.39 is 0 Å². The van der Waals surface area contributed by atoms with Crippen molar-refractivity contribution in [2.75, 3.05) is 5.32 Å². The molecule has 4 rings (SSSR count). The lowest BCUT2D eigenvalue weighted by Crippen LogP contribution is -1.99. The summed E-state index contributed by atoms with van der Waals surface area (Å²) in [5.41, 5.74) is 4.60. The highest BCUT2D eigenvalue weighted by Gasteiger charge is 2.12. The highest BCUT2D eigenvalue weighted by atomic mass is 79.9. The number of fused-ring (bicyclic) bond motifs is 1. The van der Waals surface area contributed by atoms with Crippen LogP contribution >= 0.6 is 15.9 Å². The SMILES string of the molecule is Cc1nc2ccccn2c1-c1ccnc(Nc2ccc(Br)cc2)n1. The molecule has 1 aromatic carbocycles. The van der Waals surface area contributed by atoms with E-state index in [1.54, 1.807) is 6.20 Å². The fourth-order valence-corrected chi connectivity index (χ4v) is 2.90. The molecule has 0 aliphatic rings. The molecule has 0 saturated heterocycles. The van der Waals surface area contributed by atoms with Gasteiger partial charge in [0, 0.05) is 22.6 Å². The van der Waals surface area contributed by atoms with Gasteiger partial charge in [-0.05, 0) is 49.4 Å². The van der Waals surface area contributed by atoms with E-state index in [-0.39, 0.29) is 0 Å². The first-order valence-electron chi connectivity index (χ1n) is 7.50. The number of nitrogens with one attached hydrogen (secondary N) is 1. The van der Waals surface area contributed by atoms with Crippen molar-refractivity contribution in [3.05, 3.63) is 71.1 Å². The van der Waals surface area contributed by atoms with Crippen molar-refractivity contribution in [2.24, 2.45) is 0 Å². The number of aryl methyl sites for hydroxylation is 1. The lowest BCUT2D eigenvalue weighted by Gasteiger charge is -2.07. The molecule has 24 heavy (non-hydrogen) atoms. The quantitative estimate of drug-likeness (QED) is 0.564. The smallest absolute Gasteiger partial charge is 0.227 e. The lowest BCUT2D eigenvalue weighted by molar-refractivity contribution is 1.12. The van der Waals surface area contributed by atoms with E-state index in [2.05, 4.69) is 36.2 Å². The second-order valence-electron chi connectivity index (χ2n) is 5.37. The zero-order chi connectivity index (χ0) is 16.5. The molecule has 3 aromatic heterocycles. The Hall–Kier alpha value is -2.73. The summed E-state index contributed by atoms with van der Waals surface area (Å²) in [4.78, 5) is 13.6. The molecule has 0 amide bonds. The van der Waals surface area contributed by atoms with Gasteiger partial charge in [-0.3, -0.25) is 4.40 Å². The van der Waals surface area contributed by atoms with Crippen LogP contribution in [-0.4, -0.2) is 19.4 Å². The highest BCUT2D eigenvalue weighted by Crippen LogP contribution is 2.24. The third-order valence-electron chi connectivity index (χ3n) is 3.70. The first-order chi connectivity index (χ1) is 11.7. The van der Waals surface area contributed by atoms with Crippen molar-refractivity contribution in [3.63, 3.8) is 0 Å². The molecule has 0 unspecified atom stereocenters. The number of rotatable bonds is 3. The van der Waals surface area contributed by atoms with Crippen LogP contribution in [0.5, 0.6) is 0 Å². The molecule has 0 fully saturated rings. The van der Waals surface area contributed by atoms with Crippen LogP contribution in [0.3, 0.4) is 0 Å². The minimum Gasteiger partial charge on any atom is -0.324 e. The van der Waals surface area contributed by atoms with E-state index in [4.69, 9.17) is 0 Å². The van der Waals surface area contributed by atoms with Crippen LogP contribution in [0.2, 0.25) is 0 Å². The predicted octanol–water partition coefficient (Wildman–Crippen LogP) is 4.61. The number of nitrogens with zero attached hydrogens (tertiary/aromatic N) is 4. The first-order valence-corrected chi connectivity index (χ1v) is 8.30. The average molecular weight is 380 g/mol. The number of hydrogen-bond donors (Lipinski definition) is 1. The maximum absolute atomic E-state index is 4.65. The van der Waals surface area contributed by atoms with Gasteiger partial charge in [-0.1, -0.05) is 22.0 Å². The van der Waals surface area contributed by atoms with Gasteiger partial charge in [0.25, 0.3) is 0 Å². The van der Waals surface area contributed by atoms with Crippen LogP contribution in [-0.2, 0) is 0 Å². The van der Waals surface area contributed by atoms with Gasteiger partial charge in [0.15, 0.2) is 0 Å². The molecule has 5 nitrogen and oxygen atoms in total. The molecule has 118 valence electrons. The molecule has 4 aromatic rings. The molecule has 6 heteroatoms. The van der Waals surface area contributed by atoms with E-state index in [1.165, 1.54) is 0 Å². The predicted molar refractivity (Wildman–Crippen MR) is 98.4 cm³/mol. The first kappa shape index (κ1) is 14.8. The van der Waals surface area contributed by atoms with E-state index in [1.807, 2.05) is 66.1 Å². The van der Waals surface area contributed by atoms with Crippen LogP contribution in [0.4, 0.5) is 11.6 Å². The Morgan fingerprint density at radius 3 is 2.67 bits per heavy atom. The van der Waals surface area contributed by atoms with Crippen molar-refractivity contribution in [1.29, 1.82) is 0 Å². The van der Waals surface area contributed by atoms with E-state index >= 15 is 0 Å². The molecule has 0 spiro atoms. The standard InChI is InChI=1S/C18H14BrN5/c1-12-17(24-11-3-2-4-16(24)21-12)15-9-10-20-18(23-15)22-14-7-5-13(19)6-8-14/h2-11H,1H3,(H,20,22,23). The van der Waals surface area contributed by atoms with Gasteiger partial charge in [0.1, 0.15) is 5.65 Å². The maximum atomic E-state index is 4.65. The van der Waals surface area contributed by atoms with Gasteiger partial charge in [-0.15, -0.1) is 0 Å². The molecule has 0 saturated carbocycles. The molecule has 0 aliphatic heterocycles. The highest BCUT2D eigenvalue weighted by molar-refractivity contribution is 9.10. The summed E-state index contributed by atoms with van der Waals surface area (Å²) in [5.74, 6) is 0.556. The fourth-order valence-electron chi connectivity index (χ4n) is 2.64. The summed E-state index contributed by atoms with van der Waals surface area (Å²) in [6.45, 7) is 1.99. The van der Waals surface area contributed by atoms with Gasteiger partial charge < -0.3 is 5.32 Å². The number of halogens is 1. The Labute approximate surface area is 147 Å². The Morgan fingerprint density at radius 2 is 1.83 bits per heavy atom. The van der Waals surface area contributed by atoms with Gasteiger partial charge in [-0.25, -0.2) is 15.0 Å². The lowest BCUT2D eigenvalue weighted by atomic mass is 10.2. The number of aromatic nitrogens is 4. The van der Waals surface area contributed by atoms with Crippen LogP contribution in [0.25, 0.3) is 17.0 Å². The molecule has 0 bridgehead atoms. The van der Waals surface area contributed by atoms with Gasteiger partial charge in [-0.2, -0.15) is 0 Å². The molecular weight excluding hydrogens is 366 g/mol. The zero-order valence-electron chi connectivity index (χ0n) is 12.9. The molecule has 0 atom stereocenters. The molecular formula is C18H14BrN5. The largest absolute Gasteiger partial charge is 0.324 e. The van der Waals surface area contributed by atoms with Crippen molar-refractivity contribution >= 4 is 33.2 Å². The Balaban J connectivity index is 1.74. The number of benzene rings is 1. The van der Waals surface area contributed by atoms with Crippen LogP contribution < -0.4 is 5.32 Å². The van der Waals surface area contributed by atoms with Crippen molar-refractivity contribution < 1.29 is 0 Å². The Kier molecular flexibility index (Phi) is 3.74. The summed E-state index contributed by atoms with van der Waals surface area (Å²) in [5, 5.41) is 3.23. The number of pyridine rings is 1. The van der Waals surface area contributed by atoms with Crippen molar-refractivity contribution in [1.82, 2.24) is 19.4 Å². The third-order valence-corrected chi connectivity index (χ3v) is 4.23. The van der Waals surface area contributed by atoms with Crippen molar-refractivity contribution in [2.45, 2.75) is 6.92 Å².